The summed E-state index contributed by atoms with van der Waals surface area (Å²) in [5.74, 6) is -2.85. The molecule has 0 radical (unpaired) electrons. The van der Waals surface area contributed by atoms with Gasteiger partial charge in [0.2, 0.25) is 17.7 Å². The first-order valence-corrected chi connectivity index (χ1v) is 11.1. The summed E-state index contributed by atoms with van der Waals surface area (Å²) in [5.41, 5.74) is 6.30. The lowest BCUT2D eigenvalue weighted by Crippen LogP contribution is -2.58. The van der Waals surface area contributed by atoms with Crippen LogP contribution in [0.4, 0.5) is 0 Å². The van der Waals surface area contributed by atoms with E-state index in [-0.39, 0.29) is 18.8 Å². The lowest BCUT2D eigenvalue weighted by Gasteiger charge is -2.29. The number of aromatic nitrogens is 2. The van der Waals surface area contributed by atoms with E-state index in [9.17, 15) is 29.4 Å². The number of nitrogens with one attached hydrogen (secondary N) is 3. The number of aliphatic hydroxyl groups is 1. The number of carboxylic acid groups (broad SMARTS) is 1. The van der Waals surface area contributed by atoms with Crippen molar-refractivity contribution < 1.29 is 29.4 Å². The van der Waals surface area contributed by atoms with E-state index in [0.29, 0.717) is 25.1 Å². The molecule has 2 heterocycles. The number of imidazole rings is 1. The third-order valence-corrected chi connectivity index (χ3v) is 5.58. The van der Waals surface area contributed by atoms with E-state index in [1.165, 1.54) is 24.3 Å². The Labute approximate surface area is 192 Å². The molecule has 0 bridgehead atoms. The number of amides is 3. The van der Waals surface area contributed by atoms with Gasteiger partial charge in [-0.1, -0.05) is 13.8 Å². The van der Waals surface area contributed by atoms with Gasteiger partial charge in [-0.2, -0.15) is 0 Å². The van der Waals surface area contributed by atoms with Crippen molar-refractivity contribution in [3.05, 3.63) is 18.2 Å². The van der Waals surface area contributed by atoms with E-state index in [1.54, 1.807) is 0 Å². The third kappa shape index (κ3) is 7.26. The van der Waals surface area contributed by atoms with Crippen LogP contribution < -0.4 is 16.4 Å². The molecule has 1 saturated heterocycles. The number of aliphatic hydroxyl groups excluding tert-OH is 1. The van der Waals surface area contributed by atoms with E-state index >= 15 is 0 Å². The molecule has 1 aliphatic rings. The van der Waals surface area contributed by atoms with Gasteiger partial charge in [0.05, 0.1) is 12.4 Å². The Morgan fingerprint density at radius 3 is 2.48 bits per heavy atom. The number of nitrogens with two attached hydrogens (primary N) is 1. The smallest absolute Gasteiger partial charge is 0.326 e. The number of hydrogen-bond donors (Lipinski definition) is 6. The molecule has 1 aliphatic heterocycles. The van der Waals surface area contributed by atoms with E-state index in [4.69, 9.17) is 5.73 Å². The van der Waals surface area contributed by atoms with Crippen LogP contribution in [-0.2, 0) is 25.6 Å². The fraction of sp³-hybridized carbons (Fsp3) is 0.667. The number of rotatable bonds is 11. The zero-order chi connectivity index (χ0) is 24.7. The van der Waals surface area contributed by atoms with Gasteiger partial charge in [0.15, 0.2) is 0 Å². The highest BCUT2D eigenvalue weighted by Gasteiger charge is 2.39. The first-order valence-electron chi connectivity index (χ1n) is 11.1. The molecule has 184 valence electrons. The summed E-state index contributed by atoms with van der Waals surface area (Å²) >= 11 is 0. The van der Waals surface area contributed by atoms with Crippen molar-refractivity contribution in [2.24, 2.45) is 11.7 Å². The van der Waals surface area contributed by atoms with Crippen LogP contribution in [0.1, 0.15) is 45.7 Å². The highest BCUT2D eigenvalue weighted by molar-refractivity contribution is 5.94. The highest BCUT2D eigenvalue weighted by atomic mass is 16.4. The topological polar surface area (TPSA) is 191 Å². The molecule has 12 heteroatoms. The van der Waals surface area contributed by atoms with Gasteiger partial charge in [0.1, 0.15) is 24.2 Å². The molecule has 5 atom stereocenters. The molecule has 0 aliphatic carbocycles. The maximum atomic E-state index is 13.0. The van der Waals surface area contributed by atoms with Gasteiger partial charge in [-0.15, -0.1) is 0 Å². The SMILES string of the molecule is CC(C)CC(NC(=O)C1CCCN1C(=O)C(N)C(C)O)C(=O)NC(Cc1cnc[nH]1)C(=O)O. The summed E-state index contributed by atoms with van der Waals surface area (Å²) in [4.78, 5) is 58.2. The molecule has 3 amide bonds. The average Bonchev–Trinajstić information content (AvgIpc) is 3.43. The summed E-state index contributed by atoms with van der Waals surface area (Å²) < 4.78 is 0. The summed E-state index contributed by atoms with van der Waals surface area (Å²) in [6.07, 6.45) is 3.09. The zero-order valence-electron chi connectivity index (χ0n) is 19.2. The number of aromatic amines is 1. The number of carbonyl (C=O) groups is 4. The Hall–Kier alpha value is -2.99. The maximum absolute atomic E-state index is 13.0. The Kier molecular flexibility index (Phi) is 9.35. The highest BCUT2D eigenvalue weighted by Crippen LogP contribution is 2.19. The van der Waals surface area contributed by atoms with Crippen LogP contribution in [-0.4, -0.2) is 85.6 Å². The lowest BCUT2D eigenvalue weighted by atomic mass is 10.0. The fourth-order valence-corrected chi connectivity index (χ4v) is 3.76. The number of hydrogen-bond acceptors (Lipinski definition) is 7. The van der Waals surface area contributed by atoms with Crippen molar-refractivity contribution in [3.63, 3.8) is 0 Å². The van der Waals surface area contributed by atoms with Crippen molar-refractivity contribution >= 4 is 23.7 Å². The Morgan fingerprint density at radius 2 is 1.94 bits per heavy atom. The number of carbonyl (C=O) groups excluding carboxylic acids is 3. The number of carboxylic acids is 1. The number of aliphatic carboxylic acids is 1. The standard InChI is InChI=1S/C21H34N6O6/c1-11(2)7-14(18(29)26-15(21(32)33)8-13-9-23-10-24-13)25-19(30)16-5-4-6-27(16)20(31)17(22)12(3)28/h9-12,14-17,28H,4-8,22H2,1-3H3,(H,23,24)(H,25,30)(H,26,29)(H,32,33). The average molecular weight is 467 g/mol. The first kappa shape index (κ1) is 26.3. The van der Waals surface area contributed by atoms with Crippen molar-refractivity contribution in [3.8, 4) is 0 Å². The molecule has 2 rings (SSSR count). The van der Waals surface area contributed by atoms with Crippen LogP contribution in [0.25, 0.3) is 0 Å². The largest absolute Gasteiger partial charge is 0.480 e. The normalized spacial score (nSPS) is 19.6. The molecule has 1 aromatic heterocycles. The van der Waals surface area contributed by atoms with Gasteiger partial charge in [0, 0.05) is 24.9 Å². The minimum absolute atomic E-state index is 0.00551. The van der Waals surface area contributed by atoms with Crippen LogP contribution in [0.2, 0.25) is 0 Å². The van der Waals surface area contributed by atoms with Crippen LogP contribution >= 0.6 is 0 Å². The lowest BCUT2D eigenvalue weighted by molar-refractivity contribution is -0.143. The van der Waals surface area contributed by atoms with Crippen LogP contribution in [0.3, 0.4) is 0 Å². The minimum atomic E-state index is -1.22. The summed E-state index contributed by atoms with van der Waals surface area (Å²) in [6.45, 7) is 5.47. The molecular weight excluding hydrogens is 432 g/mol. The van der Waals surface area contributed by atoms with Gasteiger partial charge < -0.3 is 36.5 Å². The van der Waals surface area contributed by atoms with Crippen molar-refractivity contribution in [1.82, 2.24) is 25.5 Å². The zero-order valence-corrected chi connectivity index (χ0v) is 19.2. The van der Waals surface area contributed by atoms with Crippen molar-refractivity contribution in [2.75, 3.05) is 6.54 Å². The number of nitrogens with zero attached hydrogens (tertiary/aromatic N) is 2. The molecule has 5 unspecified atom stereocenters. The second-order valence-electron chi connectivity index (χ2n) is 8.83. The molecule has 0 aromatic carbocycles. The minimum Gasteiger partial charge on any atom is -0.480 e. The summed E-state index contributed by atoms with van der Waals surface area (Å²) in [6, 6.07) is -4.15. The van der Waals surface area contributed by atoms with E-state index < -0.39 is 54.0 Å². The van der Waals surface area contributed by atoms with Gasteiger partial charge in [-0.3, -0.25) is 14.4 Å². The Morgan fingerprint density at radius 1 is 1.24 bits per heavy atom. The van der Waals surface area contributed by atoms with Crippen molar-refractivity contribution in [2.45, 2.75) is 76.7 Å². The Balaban J connectivity index is 2.10. The first-order chi connectivity index (χ1) is 15.5. The fourth-order valence-electron chi connectivity index (χ4n) is 3.76. The summed E-state index contributed by atoms with van der Waals surface area (Å²) in [5, 5.41) is 24.3. The number of likely N-dealkylation sites (tertiary alicyclic amines) is 1. The number of H-pyrrole nitrogens is 1. The van der Waals surface area contributed by atoms with Gasteiger partial charge in [-0.25, -0.2) is 9.78 Å². The molecule has 33 heavy (non-hydrogen) atoms. The van der Waals surface area contributed by atoms with Gasteiger partial charge in [0.25, 0.3) is 0 Å². The molecule has 0 saturated carbocycles. The maximum Gasteiger partial charge on any atom is 0.326 e. The van der Waals surface area contributed by atoms with Crippen molar-refractivity contribution in [1.29, 1.82) is 0 Å². The van der Waals surface area contributed by atoms with E-state index in [0.717, 1.165) is 0 Å². The molecule has 1 fully saturated rings. The second kappa shape index (κ2) is 11.8. The molecule has 1 aromatic rings. The van der Waals surface area contributed by atoms with Crippen LogP contribution in [0.5, 0.6) is 0 Å². The second-order valence-corrected chi connectivity index (χ2v) is 8.83. The molecular formula is C21H34N6O6. The third-order valence-electron chi connectivity index (χ3n) is 5.58. The predicted octanol–water partition coefficient (Wildman–Crippen LogP) is -1.25. The van der Waals surface area contributed by atoms with Crippen LogP contribution in [0, 0.1) is 5.92 Å². The summed E-state index contributed by atoms with van der Waals surface area (Å²) in [7, 11) is 0. The Bertz CT molecular complexity index is 827. The van der Waals surface area contributed by atoms with E-state index in [1.807, 2.05) is 13.8 Å². The molecule has 7 N–H and O–H groups in total. The molecule has 12 nitrogen and oxygen atoms in total. The predicted molar refractivity (Wildman–Crippen MR) is 118 cm³/mol. The monoisotopic (exact) mass is 466 g/mol. The van der Waals surface area contributed by atoms with E-state index in [2.05, 4.69) is 20.6 Å². The van der Waals surface area contributed by atoms with Crippen LogP contribution in [0.15, 0.2) is 12.5 Å². The quantitative estimate of drug-likeness (QED) is 0.233. The van der Waals surface area contributed by atoms with Gasteiger partial charge in [-0.05, 0) is 32.1 Å². The molecule has 0 spiro atoms. The van der Waals surface area contributed by atoms with Gasteiger partial charge >= 0.3 is 5.97 Å².